The lowest BCUT2D eigenvalue weighted by atomic mass is 10.1. The minimum absolute atomic E-state index is 0.198. The van der Waals surface area contributed by atoms with Gasteiger partial charge in [-0.15, -0.1) is 0 Å². The highest BCUT2D eigenvalue weighted by Crippen LogP contribution is 2.24. The molecule has 0 bridgehead atoms. The Morgan fingerprint density at radius 1 is 1.42 bits per heavy atom. The van der Waals surface area contributed by atoms with Crippen LogP contribution < -0.4 is 5.32 Å². The summed E-state index contributed by atoms with van der Waals surface area (Å²) in [6.07, 6.45) is 1.66. The average molecular weight is 266 g/mol. The smallest absolute Gasteiger partial charge is 0.342 e. The Kier molecular flexibility index (Phi) is 3.96. The quantitative estimate of drug-likeness (QED) is 0.637. The molecule has 0 amide bonds. The second-order valence-corrected chi connectivity index (χ2v) is 4.33. The van der Waals surface area contributed by atoms with Crippen LogP contribution in [0.25, 0.3) is 0 Å². The summed E-state index contributed by atoms with van der Waals surface area (Å²) in [6, 6.07) is 4.26. The fourth-order valence-electron chi connectivity index (χ4n) is 2.03. The predicted molar refractivity (Wildman–Crippen MR) is 67.5 cm³/mol. The Balaban J connectivity index is 2.20. The average Bonchev–Trinajstić information content (AvgIpc) is 2.39. The first kappa shape index (κ1) is 13.3. The number of aromatic carboxylic acids is 1. The van der Waals surface area contributed by atoms with Crippen LogP contribution in [0.5, 0.6) is 0 Å². The van der Waals surface area contributed by atoms with E-state index in [2.05, 4.69) is 5.32 Å². The summed E-state index contributed by atoms with van der Waals surface area (Å²) in [6.45, 7) is 1.32. The van der Waals surface area contributed by atoms with E-state index in [1.807, 2.05) is 0 Å². The molecule has 0 saturated carbocycles. The minimum Gasteiger partial charge on any atom is -0.477 e. The summed E-state index contributed by atoms with van der Waals surface area (Å²) in [5, 5.41) is 22.9. The van der Waals surface area contributed by atoms with Crippen LogP contribution in [0.3, 0.4) is 0 Å². The number of hydrogen-bond donors (Lipinski definition) is 2. The van der Waals surface area contributed by atoms with Crippen molar-refractivity contribution < 1.29 is 19.6 Å². The number of nitro groups is 1. The SMILES string of the molecule is O=C(O)c1ccc(NC2CCOCC2)cc1[N+](=O)[O-]. The Bertz CT molecular complexity index is 497. The zero-order valence-corrected chi connectivity index (χ0v) is 10.2. The van der Waals surface area contributed by atoms with E-state index in [0.717, 1.165) is 12.8 Å². The molecule has 0 atom stereocenters. The Labute approximate surface area is 109 Å². The Hall–Kier alpha value is -2.15. The van der Waals surface area contributed by atoms with E-state index in [1.165, 1.54) is 12.1 Å². The maximum absolute atomic E-state index is 10.9. The molecule has 1 aliphatic rings. The summed E-state index contributed by atoms with van der Waals surface area (Å²) in [5.41, 5.74) is -0.143. The number of nitro benzene ring substituents is 1. The van der Waals surface area contributed by atoms with Gasteiger partial charge in [0.2, 0.25) is 0 Å². The number of carbonyl (C=O) groups is 1. The number of benzene rings is 1. The van der Waals surface area contributed by atoms with Gasteiger partial charge in [0.1, 0.15) is 5.56 Å². The van der Waals surface area contributed by atoms with Gasteiger partial charge in [-0.1, -0.05) is 0 Å². The molecular weight excluding hydrogens is 252 g/mol. The second-order valence-electron chi connectivity index (χ2n) is 4.33. The molecule has 19 heavy (non-hydrogen) atoms. The highest BCUT2D eigenvalue weighted by molar-refractivity contribution is 5.93. The molecular formula is C12H14N2O5. The van der Waals surface area contributed by atoms with Crippen LogP contribution >= 0.6 is 0 Å². The molecule has 0 aliphatic carbocycles. The molecule has 7 heteroatoms. The highest BCUT2D eigenvalue weighted by atomic mass is 16.6. The number of hydrogen-bond acceptors (Lipinski definition) is 5. The summed E-state index contributed by atoms with van der Waals surface area (Å²) in [5.74, 6) is -1.30. The lowest BCUT2D eigenvalue weighted by molar-refractivity contribution is -0.385. The molecule has 0 spiro atoms. The first-order valence-corrected chi connectivity index (χ1v) is 5.94. The van der Waals surface area contributed by atoms with Crippen LogP contribution in [0.4, 0.5) is 11.4 Å². The fraction of sp³-hybridized carbons (Fsp3) is 0.417. The Morgan fingerprint density at radius 2 is 2.11 bits per heavy atom. The number of nitrogens with zero attached hydrogens (tertiary/aromatic N) is 1. The molecule has 1 fully saturated rings. The van der Waals surface area contributed by atoms with Gasteiger partial charge in [-0.05, 0) is 25.0 Å². The van der Waals surface area contributed by atoms with Crippen LogP contribution in [0.1, 0.15) is 23.2 Å². The predicted octanol–water partition coefficient (Wildman–Crippen LogP) is 1.88. The Morgan fingerprint density at radius 3 is 2.68 bits per heavy atom. The molecule has 7 nitrogen and oxygen atoms in total. The van der Waals surface area contributed by atoms with Gasteiger partial charge in [0, 0.05) is 31.0 Å². The summed E-state index contributed by atoms with van der Waals surface area (Å²) in [7, 11) is 0. The number of carboxylic acid groups (broad SMARTS) is 1. The van der Waals surface area contributed by atoms with Crippen molar-refractivity contribution in [1.29, 1.82) is 0 Å². The number of ether oxygens (including phenoxy) is 1. The maximum Gasteiger partial charge on any atom is 0.342 e. The third-order valence-electron chi connectivity index (χ3n) is 3.02. The third-order valence-corrected chi connectivity index (χ3v) is 3.02. The molecule has 1 aromatic carbocycles. The van der Waals surface area contributed by atoms with Gasteiger partial charge in [-0.3, -0.25) is 10.1 Å². The molecule has 2 rings (SSSR count). The van der Waals surface area contributed by atoms with Gasteiger partial charge >= 0.3 is 5.97 Å². The van der Waals surface area contributed by atoms with Crippen molar-refractivity contribution in [2.24, 2.45) is 0 Å². The standard InChI is InChI=1S/C12H14N2O5/c15-12(16)10-2-1-9(7-11(10)14(17)18)13-8-3-5-19-6-4-8/h1-2,7-8,13H,3-6H2,(H,15,16). The first-order valence-electron chi connectivity index (χ1n) is 5.94. The van der Waals surface area contributed by atoms with Gasteiger partial charge in [-0.2, -0.15) is 0 Å². The van der Waals surface area contributed by atoms with Gasteiger partial charge in [0.25, 0.3) is 5.69 Å². The topological polar surface area (TPSA) is 102 Å². The molecule has 1 saturated heterocycles. The van der Waals surface area contributed by atoms with E-state index in [1.54, 1.807) is 6.07 Å². The molecule has 0 unspecified atom stereocenters. The van der Waals surface area contributed by atoms with Crippen LogP contribution in [0.2, 0.25) is 0 Å². The zero-order valence-electron chi connectivity index (χ0n) is 10.2. The van der Waals surface area contributed by atoms with Crippen molar-refractivity contribution in [3.05, 3.63) is 33.9 Å². The van der Waals surface area contributed by atoms with E-state index in [-0.39, 0.29) is 11.6 Å². The molecule has 1 heterocycles. The van der Waals surface area contributed by atoms with Crippen LogP contribution in [-0.4, -0.2) is 35.3 Å². The van der Waals surface area contributed by atoms with Gasteiger partial charge < -0.3 is 15.2 Å². The molecule has 1 aliphatic heterocycles. The normalized spacial score (nSPS) is 16.0. The van der Waals surface area contributed by atoms with Gasteiger partial charge in [-0.25, -0.2) is 4.79 Å². The van der Waals surface area contributed by atoms with E-state index in [4.69, 9.17) is 9.84 Å². The van der Waals surface area contributed by atoms with E-state index >= 15 is 0 Å². The van der Waals surface area contributed by atoms with Crippen LogP contribution in [0.15, 0.2) is 18.2 Å². The van der Waals surface area contributed by atoms with Gasteiger partial charge in [0.05, 0.1) is 4.92 Å². The van der Waals surface area contributed by atoms with E-state index < -0.39 is 16.6 Å². The van der Waals surface area contributed by atoms with Crippen molar-refractivity contribution in [3.8, 4) is 0 Å². The minimum atomic E-state index is -1.30. The number of nitrogens with one attached hydrogen (secondary N) is 1. The van der Waals surface area contributed by atoms with Crippen molar-refractivity contribution in [2.45, 2.75) is 18.9 Å². The number of carboxylic acids is 1. The van der Waals surface area contributed by atoms with Crippen molar-refractivity contribution >= 4 is 17.3 Å². The van der Waals surface area contributed by atoms with Gasteiger partial charge in [0.15, 0.2) is 0 Å². The van der Waals surface area contributed by atoms with E-state index in [0.29, 0.717) is 18.9 Å². The lowest BCUT2D eigenvalue weighted by Crippen LogP contribution is -2.27. The fourth-order valence-corrected chi connectivity index (χ4v) is 2.03. The van der Waals surface area contributed by atoms with Crippen molar-refractivity contribution in [3.63, 3.8) is 0 Å². The monoisotopic (exact) mass is 266 g/mol. The number of rotatable bonds is 4. The van der Waals surface area contributed by atoms with Crippen LogP contribution in [0, 0.1) is 10.1 Å². The number of anilines is 1. The first-order chi connectivity index (χ1) is 9.08. The van der Waals surface area contributed by atoms with Crippen LogP contribution in [-0.2, 0) is 4.74 Å². The lowest BCUT2D eigenvalue weighted by Gasteiger charge is -2.24. The summed E-state index contributed by atoms with van der Waals surface area (Å²) in [4.78, 5) is 21.1. The molecule has 1 aromatic rings. The molecule has 102 valence electrons. The zero-order chi connectivity index (χ0) is 13.8. The molecule has 2 N–H and O–H groups in total. The highest BCUT2D eigenvalue weighted by Gasteiger charge is 2.21. The summed E-state index contributed by atoms with van der Waals surface area (Å²) >= 11 is 0. The van der Waals surface area contributed by atoms with E-state index in [9.17, 15) is 14.9 Å². The van der Waals surface area contributed by atoms with Crippen molar-refractivity contribution in [2.75, 3.05) is 18.5 Å². The largest absolute Gasteiger partial charge is 0.477 e. The maximum atomic E-state index is 10.9. The third kappa shape index (κ3) is 3.19. The molecule has 0 radical (unpaired) electrons. The van der Waals surface area contributed by atoms with Crippen molar-refractivity contribution in [1.82, 2.24) is 0 Å². The summed E-state index contributed by atoms with van der Waals surface area (Å²) < 4.78 is 5.22. The second kappa shape index (κ2) is 5.66. The molecule has 0 aromatic heterocycles.